The van der Waals surface area contributed by atoms with E-state index in [-0.39, 0.29) is 5.69 Å². The van der Waals surface area contributed by atoms with Crippen molar-refractivity contribution in [3.8, 4) is 5.69 Å². The molecule has 0 radical (unpaired) electrons. The normalized spacial score (nSPS) is 16.1. The van der Waals surface area contributed by atoms with Gasteiger partial charge in [0.1, 0.15) is 5.84 Å². The van der Waals surface area contributed by atoms with Crippen LogP contribution in [0.15, 0.2) is 28.0 Å². The van der Waals surface area contributed by atoms with Crippen molar-refractivity contribution in [1.82, 2.24) is 14.3 Å². The molecule has 0 unspecified atom stereocenters. The number of fused-ring (bicyclic) bond motifs is 6. The highest BCUT2D eigenvalue weighted by Crippen LogP contribution is 2.31. The predicted molar refractivity (Wildman–Crippen MR) is 81.9 cm³/mol. The first-order valence-corrected chi connectivity index (χ1v) is 7.40. The summed E-state index contributed by atoms with van der Waals surface area (Å²) < 4.78 is 3.10. The lowest BCUT2D eigenvalue weighted by Crippen LogP contribution is -2.42. The number of benzene rings is 1. The Morgan fingerprint density at radius 2 is 2.24 bits per heavy atom. The molecule has 108 valence electrons. The standard InChI is InChI=1S/C14H14ClN5O/c1-2-19-14(21)20-11-8-9(15)4-5-10(11)12-16-6-3-7-18(12)13(20)17-19/h4-5,8H,2-3,6-7H2,1H3. The summed E-state index contributed by atoms with van der Waals surface area (Å²) in [6.45, 7) is 4.06. The summed E-state index contributed by atoms with van der Waals surface area (Å²) in [5, 5.41) is 5.05. The van der Waals surface area contributed by atoms with Crippen LogP contribution in [0.4, 0.5) is 5.95 Å². The van der Waals surface area contributed by atoms with E-state index in [0.717, 1.165) is 36.6 Å². The summed E-state index contributed by atoms with van der Waals surface area (Å²) in [5.41, 5.74) is 1.56. The van der Waals surface area contributed by atoms with Gasteiger partial charge >= 0.3 is 5.69 Å². The topological polar surface area (TPSA) is 55.4 Å². The van der Waals surface area contributed by atoms with Gasteiger partial charge in [0.15, 0.2) is 0 Å². The number of amidine groups is 1. The van der Waals surface area contributed by atoms with Gasteiger partial charge in [0.25, 0.3) is 0 Å². The van der Waals surface area contributed by atoms with Crippen LogP contribution in [0, 0.1) is 0 Å². The highest BCUT2D eigenvalue weighted by atomic mass is 35.5. The maximum absolute atomic E-state index is 12.5. The Morgan fingerprint density at radius 1 is 1.38 bits per heavy atom. The van der Waals surface area contributed by atoms with Crippen LogP contribution in [0.25, 0.3) is 5.69 Å². The van der Waals surface area contributed by atoms with Crippen LogP contribution in [-0.2, 0) is 6.54 Å². The van der Waals surface area contributed by atoms with E-state index in [1.807, 2.05) is 24.0 Å². The molecule has 0 atom stereocenters. The number of aliphatic imine (C=N–C) groups is 1. The van der Waals surface area contributed by atoms with E-state index in [2.05, 4.69) is 10.1 Å². The summed E-state index contributed by atoms with van der Waals surface area (Å²) in [6.07, 6.45) is 0.958. The number of halogens is 1. The SMILES string of the molecule is CCn1nc2n(c1=O)-c1cc(Cl)ccc1C1=NCCCN12. The number of aromatic nitrogens is 3. The van der Waals surface area contributed by atoms with E-state index >= 15 is 0 Å². The number of anilines is 1. The van der Waals surface area contributed by atoms with Crippen molar-refractivity contribution in [3.05, 3.63) is 39.3 Å². The van der Waals surface area contributed by atoms with E-state index < -0.39 is 0 Å². The molecule has 1 aromatic carbocycles. The minimum Gasteiger partial charge on any atom is -0.294 e. The first kappa shape index (κ1) is 12.6. The quantitative estimate of drug-likeness (QED) is 0.805. The van der Waals surface area contributed by atoms with Crippen molar-refractivity contribution >= 4 is 23.4 Å². The number of aryl methyl sites for hydroxylation is 1. The minimum atomic E-state index is -0.138. The molecule has 1 aromatic heterocycles. The summed E-state index contributed by atoms with van der Waals surface area (Å²) in [4.78, 5) is 19.2. The molecule has 4 rings (SSSR count). The highest BCUT2D eigenvalue weighted by molar-refractivity contribution is 6.31. The monoisotopic (exact) mass is 303 g/mol. The molecule has 0 fully saturated rings. The molecule has 0 saturated carbocycles. The zero-order valence-corrected chi connectivity index (χ0v) is 12.3. The lowest BCUT2D eigenvalue weighted by Gasteiger charge is -2.33. The molecule has 0 amide bonds. The van der Waals surface area contributed by atoms with Crippen molar-refractivity contribution in [1.29, 1.82) is 0 Å². The number of nitrogens with zero attached hydrogens (tertiary/aromatic N) is 5. The fourth-order valence-corrected chi connectivity index (χ4v) is 3.06. The van der Waals surface area contributed by atoms with Gasteiger partial charge in [-0.05, 0) is 31.5 Å². The maximum Gasteiger partial charge on any atom is 0.352 e. The van der Waals surface area contributed by atoms with E-state index in [1.165, 1.54) is 4.68 Å². The van der Waals surface area contributed by atoms with Gasteiger partial charge in [-0.2, -0.15) is 0 Å². The van der Waals surface area contributed by atoms with Crippen LogP contribution in [0.5, 0.6) is 0 Å². The molecule has 0 N–H and O–H groups in total. The zero-order chi connectivity index (χ0) is 14.6. The third-order valence-electron chi connectivity index (χ3n) is 3.86. The Bertz CT molecular complexity index is 819. The Hall–Kier alpha value is -2.08. The van der Waals surface area contributed by atoms with Crippen LogP contribution in [0.2, 0.25) is 5.02 Å². The Kier molecular flexibility index (Phi) is 2.68. The Labute approximate surface area is 126 Å². The molecule has 2 aliphatic heterocycles. The van der Waals surface area contributed by atoms with Crippen LogP contribution in [0.1, 0.15) is 18.9 Å². The number of rotatable bonds is 1. The summed E-state index contributed by atoms with van der Waals surface area (Å²) in [6, 6.07) is 5.56. The molecule has 3 heterocycles. The molecule has 7 heteroatoms. The fraction of sp³-hybridized carbons (Fsp3) is 0.357. The fourth-order valence-electron chi connectivity index (χ4n) is 2.90. The number of hydrogen-bond acceptors (Lipinski definition) is 4. The molecule has 0 bridgehead atoms. The van der Waals surface area contributed by atoms with Gasteiger partial charge in [-0.1, -0.05) is 11.6 Å². The predicted octanol–water partition coefficient (Wildman–Crippen LogP) is 1.68. The van der Waals surface area contributed by atoms with E-state index in [1.54, 1.807) is 10.6 Å². The van der Waals surface area contributed by atoms with Crippen molar-refractivity contribution < 1.29 is 0 Å². The van der Waals surface area contributed by atoms with E-state index in [4.69, 9.17) is 11.6 Å². The van der Waals surface area contributed by atoms with Gasteiger partial charge in [-0.3, -0.25) is 9.89 Å². The summed E-state index contributed by atoms with van der Waals surface area (Å²) in [5.74, 6) is 1.52. The lowest BCUT2D eigenvalue weighted by atomic mass is 10.1. The lowest BCUT2D eigenvalue weighted by molar-refractivity contribution is 0.628. The highest BCUT2D eigenvalue weighted by Gasteiger charge is 2.33. The third-order valence-corrected chi connectivity index (χ3v) is 4.10. The molecule has 2 aromatic rings. The van der Waals surface area contributed by atoms with Crippen LogP contribution in [0.3, 0.4) is 0 Å². The second-order valence-electron chi connectivity index (χ2n) is 5.11. The van der Waals surface area contributed by atoms with Crippen LogP contribution >= 0.6 is 11.6 Å². The Morgan fingerprint density at radius 3 is 3.05 bits per heavy atom. The molecular weight excluding hydrogens is 290 g/mol. The van der Waals surface area contributed by atoms with Crippen LogP contribution < -0.4 is 10.6 Å². The van der Waals surface area contributed by atoms with Crippen LogP contribution in [-0.4, -0.2) is 33.3 Å². The first-order chi connectivity index (χ1) is 10.2. The average Bonchev–Trinajstić information content (AvgIpc) is 2.84. The minimum absolute atomic E-state index is 0.138. The summed E-state index contributed by atoms with van der Waals surface area (Å²) in [7, 11) is 0. The van der Waals surface area contributed by atoms with E-state index in [9.17, 15) is 4.79 Å². The van der Waals surface area contributed by atoms with Gasteiger partial charge < -0.3 is 0 Å². The zero-order valence-electron chi connectivity index (χ0n) is 11.6. The van der Waals surface area contributed by atoms with Gasteiger partial charge in [-0.25, -0.2) is 14.0 Å². The second kappa shape index (κ2) is 4.46. The van der Waals surface area contributed by atoms with Gasteiger partial charge in [0.05, 0.1) is 5.69 Å². The third kappa shape index (κ3) is 1.68. The molecule has 2 aliphatic rings. The van der Waals surface area contributed by atoms with Crippen molar-refractivity contribution in [2.75, 3.05) is 18.0 Å². The molecule has 0 saturated heterocycles. The second-order valence-corrected chi connectivity index (χ2v) is 5.54. The first-order valence-electron chi connectivity index (χ1n) is 7.03. The van der Waals surface area contributed by atoms with Crippen molar-refractivity contribution in [2.45, 2.75) is 19.9 Å². The number of hydrogen-bond donors (Lipinski definition) is 0. The molecular formula is C14H14ClN5O. The largest absolute Gasteiger partial charge is 0.352 e. The van der Waals surface area contributed by atoms with Gasteiger partial charge in [0.2, 0.25) is 5.95 Å². The smallest absolute Gasteiger partial charge is 0.294 e. The maximum atomic E-state index is 12.5. The van der Waals surface area contributed by atoms with Crippen molar-refractivity contribution in [2.24, 2.45) is 4.99 Å². The molecule has 6 nitrogen and oxygen atoms in total. The molecule has 21 heavy (non-hydrogen) atoms. The molecule has 0 spiro atoms. The summed E-state index contributed by atoms with van der Waals surface area (Å²) >= 11 is 6.12. The Balaban J connectivity index is 2.09. The van der Waals surface area contributed by atoms with Gasteiger partial charge in [0, 0.05) is 30.2 Å². The average molecular weight is 304 g/mol. The van der Waals surface area contributed by atoms with Crippen molar-refractivity contribution in [3.63, 3.8) is 0 Å². The van der Waals surface area contributed by atoms with Gasteiger partial charge in [-0.15, -0.1) is 5.10 Å². The molecule has 0 aliphatic carbocycles. The van der Waals surface area contributed by atoms with E-state index in [0.29, 0.717) is 17.5 Å².